The van der Waals surface area contributed by atoms with E-state index in [9.17, 15) is 4.79 Å². The zero-order chi connectivity index (χ0) is 17.2. The Kier molecular flexibility index (Phi) is 9.98. The van der Waals surface area contributed by atoms with Gasteiger partial charge in [0.1, 0.15) is 0 Å². The Labute approximate surface area is 139 Å². The minimum atomic E-state index is -1.99. The molecule has 0 spiro atoms. The maximum absolute atomic E-state index is 12.6. The Bertz CT molecular complexity index is 340. The predicted molar refractivity (Wildman–Crippen MR) is 99.6 cm³/mol. The van der Waals surface area contributed by atoms with Gasteiger partial charge in [0.15, 0.2) is 0 Å². The highest BCUT2D eigenvalue weighted by atomic mass is 28.4. The molecule has 0 bridgehead atoms. The van der Waals surface area contributed by atoms with Gasteiger partial charge in [-0.2, -0.15) is 0 Å². The lowest BCUT2D eigenvalue weighted by Gasteiger charge is -2.36. The van der Waals surface area contributed by atoms with Gasteiger partial charge in [0.2, 0.25) is 0 Å². The molecule has 0 aromatic carbocycles. The highest BCUT2D eigenvalue weighted by molar-refractivity contribution is 6.75. The van der Waals surface area contributed by atoms with Gasteiger partial charge in [-0.3, -0.25) is 4.79 Å². The summed E-state index contributed by atoms with van der Waals surface area (Å²) in [7, 11) is -1.99. The van der Waals surface area contributed by atoms with Crippen LogP contribution in [0.25, 0.3) is 0 Å². The number of rotatable bonds is 10. The van der Waals surface area contributed by atoms with Crippen molar-refractivity contribution in [1.82, 2.24) is 0 Å². The molecule has 0 rings (SSSR count). The zero-order valence-electron chi connectivity index (χ0n) is 16.0. The van der Waals surface area contributed by atoms with E-state index in [2.05, 4.69) is 59.9 Å². The summed E-state index contributed by atoms with van der Waals surface area (Å²) in [4.78, 5) is 12.6. The van der Waals surface area contributed by atoms with Gasteiger partial charge in [-0.25, -0.2) is 0 Å². The second-order valence-electron chi connectivity index (χ2n) is 7.83. The second kappa shape index (κ2) is 10.2. The molecular weight excluding hydrogens is 288 g/mol. The van der Waals surface area contributed by atoms with Crippen molar-refractivity contribution in [2.45, 2.75) is 97.7 Å². The molecule has 130 valence electrons. The van der Waals surface area contributed by atoms with Gasteiger partial charge in [0, 0.05) is 0 Å². The highest BCUT2D eigenvalue weighted by Gasteiger charge is 2.41. The summed E-state index contributed by atoms with van der Waals surface area (Å²) in [6, 6.07) is 0. The molecule has 0 N–H and O–H groups in total. The summed E-state index contributed by atoms with van der Waals surface area (Å²) >= 11 is 0. The molecular formula is C19H38O2Si. The topological polar surface area (TPSA) is 26.3 Å². The first-order chi connectivity index (χ1) is 10.2. The van der Waals surface area contributed by atoms with E-state index in [1.165, 1.54) is 6.42 Å². The van der Waals surface area contributed by atoms with Gasteiger partial charge in [0.25, 0.3) is 14.3 Å². The van der Waals surface area contributed by atoms with Crippen LogP contribution in [-0.2, 0) is 9.22 Å². The van der Waals surface area contributed by atoms with Gasteiger partial charge >= 0.3 is 0 Å². The van der Waals surface area contributed by atoms with E-state index in [0.29, 0.717) is 0 Å². The SMILES string of the molecule is CCC=CCCCCC(CCC)C(=O)O[Si](C)(C)C(C)(C)C. The fourth-order valence-electron chi connectivity index (χ4n) is 2.15. The summed E-state index contributed by atoms with van der Waals surface area (Å²) < 4.78 is 6.00. The summed E-state index contributed by atoms with van der Waals surface area (Å²) in [5, 5.41) is 0.0877. The summed E-state index contributed by atoms with van der Waals surface area (Å²) in [5.74, 6) is 0.145. The third-order valence-corrected chi connectivity index (χ3v) is 9.03. The number of hydrogen-bond acceptors (Lipinski definition) is 2. The molecule has 3 heteroatoms. The average Bonchev–Trinajstić information content (AvgIpc) is 2.39. The van der Waals surface area contributed by atoms with E-state index in [0.717, 1.165) is 38.5 Å². The van der Waals surface area contributed by atoms with Crippen LogP contribution in [0.5, 0.6) is 0 Å². The summed E-state index contributed by atoms with van der Waals surface area (Å²) in [6.45, 7) is 15.2. The maximum atomic E-state index is 12.6. The van der Waals surface area contributed by atoms with Gasteiger partial charge in [-0.1, -0.05) is 59.6 Å². The molecule has 0 aliphatic heterocycles. The first kappa shape index (κ1) is 21.4. The van der Waals surface area contributed by atoms with Crippen LogP contribution in [0.2, 0.25) is 18.1 Å². The minimum Gasteiger partial charge on any atom is -0.519 e. The molecule has 1 unspecified atom stereocenters. The fraction of sp³-hybridized carbons (Fsp3) is 0.842. The van der Waals surface area contributed by atoms with Crippen molar-refractivity contribution in [2.24, 2.45) is 5.92 Å². The van der Waals surface area contributed by atoms with Crippen molar-refractivity contribution in [1.29, 1.82) is 0 Å². The number of unbranched alkanes of at least 4 members (excludes halogenated alkanes) is 2. The summed E-state index contributed by atoms with van der Waals surface area (Å²) in [5.41, 5.74) is 0. The van der Waals surface area contributed by atoms with E-state index in [-0.39, 0.29) is 16.9 Å². The van der Waals surface area contributed by atoms with Gasteiger partial charge in [-0.05, 0) is 50.2 Å². The third-order valence-electron chi connectivity index (χ3n) is 4.71. The fourth-order valence-corrected chi connectivity index (χ4v) is 3.13. The lowest BCUT2D eigenvalue weighted by atomic mass is 9.97. The van der Waals surface area contributed by atoms with Crippen molar-refractivity contribution < 1.29 is 9.22 Å². The van der Waals surface area contributed by atoms with Crippen LogP contribution in [0.1, 0.15) is 79.6 Å². The lowest BCUT2D eigenvalue weighted by Crippen LogP contribution is -2.44. The first-order valence-corrected chi connectivity index (χ1v) is 11.9. The van der Waals surface area contributed by atoms with E-state index in [1.54, 1.807) is 0 Å². The molecule has 0 fully saturated rings. The van der Waals surface area contributed by atoms with Crippen LogP contribution in [0.3, 0.4) is 0 Å². The van der Waals surface area contributed by atoms with E-state index in [4.69, 9.17) is 4.43 Å². The number of carbonyl (C=O) groups is 1. The van der Waals surface area contributed by atoms with Crippen molar-refractivity contribution in [2.75, 3.05) is 0 Å². The molecule has 0 radical (unpaired) electrons. The smallest absolute Gasteiger partial charge is 0.295 e. The Morgan fingerprint density at radius 1 is 1.09 bits per heavy atom. The molecule has 0 heterocycles. The Morgan fingerprint density at radius 2 is 1.73 bits per heavy atom. The van der Waals surface area contributed by atoms with Crippen molar-refractivity contribution in [3.63, 3.8) is 0 Å². The van der Waals surface area contributed by atoms with Crippen LogP contribution in [0, 0.1) is 5.92 Å². The number of hydrogen-bond donors (Lipinski definition) is 0. The molecule has 0 aromatic heterocycles. The van der Waals surface area contributed by atoms with Crippen LogP contribution >= 0.6 is 0 Å². The van der Waals surface area contributed by atoms with Crippen LogP contribution in [-0.4, -0.2) is 14.3 Å². The van der Waals surface area contributed by atoms with Gasteiger partial charge in [-0.15, -0.1) is 0 Å². The normalized spacial score (nSPS) is 14.3. The second-order valence-corrected chi connectivity index (χ2v) is 12.6. The van der Waals surface area contributed by atoms with E-state index < -0.39 is 8.32 Å². The highest BCUT2D eigenvalue weighted by Crippen LogP contribution is 2.37. The van der Waals surface area contributed by atoms with Crippen LogP contribution < -0.4 is 0 Å². The minimum absolute atomic E-state index is 0.0533. The average molecular weight is 327 g/mol. The predicted octanol–water partition coefficient (Wildman–Crippen LogP) is 6.48. The quantitative estimate of drug-likeness (QED) is 0.261. The van der Waals surface area contributed by atoms with Gasteiger partial charge < -0.3 is 4.43 Å². The van der Waals surface area contributed by atoms with Crippen molar-refractivity contribution in [3.8, 4) is 0 Å². The van der Waals surface area contributed by atoms with Gasteiger partial charge in [0.05, 0.1) is 5.92 Å². The Morgan fingerprint density at radius 3 is 2.23 bits per heavy atom. The lowest BCUT2D eigenvalue weighted by molar-refractivity contribution is -0.140. The molecule has 0 amide bonds. The monoisotopic (exact) mass is 326 g/mol. The van der Waals surface area contributed by atoms with Crippen molar-refractivity contribution >= 4 is 14.3 Å². The standard InChI is InChI=1S/C19H38O2Si/c1-8-10-11-12-13-14-16-17(15-9-2)18(20)21-22(6,7)19(3,4)5/h10-11,17H,8-9,12-16H2,1-7H3. The molecule has 0 saturated carbocycles. The molecule has 2 nitrogen and oxygen atoms in total. The first-order valence-electron chi connectivity index (χ1n) is 9.03. The number of carbonyl (C=O) groups excluding carboxylic acids is 1. The van der Waals surface area contributed by atoms with Crippen LogP contribution in [0.15, 0.2) is 12.2 Å². The molecule has 0 aliphatic carbocycles. The Hall–Kier alpha value is -0.573. The molecule has 0 aromatic rings. The van der Waals surface area contributed by atoms with Crippen molar-refractivity contribution in [3.05, 3.63) is 12.2 Å². The van der Waals surface area contributed by atoms with E-state index >= 15 is 0 Å². The largest absolute Gasteiger partial charge is 0.519 e. The zero-order valence-corrected chi connectivity index (χ0v) is 17.0. The number of allylic oxidation sites excluding steroid dienone is 2. The molecule has 1 atom stereocenters. The van der Waals surface area contributed by atoms with Crippen LogP contribution in [0.4, 0.5) is 0 Å². The maximum Gasteiger partial charge on any atom is 0.295 e. The summed E-state index contributed by atoms with van der Waals surface area (Å²) in [6.07, 6.45) is 12.0. The van der Waals surface area contributed by atoms with E-state index in [1.807, 2.05) is 0 Å². The molecule has 22 heavy (non-hydrogen) atoms. The third kappa shape index (κ3) is 8.16. The Balaban J connectivity index is 4.42. The molecule has 0 aliphatic rings. The molecule has 0 saturated heterocycles.